The number of nitrogens with one attached hydrogen (secondary N) is 1. The zero-order valence-corrected chi connectivity index (χ0v) is 14.3. The molecule has 1 N–H and O–H groups in total. The Balaban J connectivity index is 1.24. The molecule has 0 radical (unpaired) electrons. The van der Waals surface area contributed by atoms with E-state index in [0.29, 0.717) is 18.4 Å². The van der Waals surface area contributed by atoms with Crippen LogP contribution in [-0.2, 0) is 4.74 Å². The first kappa shape index (κ1) is 15.7. The van der Waals surface area contributed by atoms with Crippen LogP contribution < -0.4 is 5.32 Å². The third kappa shape index (κ3) is 2.75. The molecule has 1 saturated carbocycles. The quantitative estimate of drug-likeness (QED) is 0.885. The molecule has 1 spiro atoms. The number of nitrogens with zero attached hydrogens (tertiary/aromatic N) is 2. The zero-order chi connectivity index (χ0) is 17.0. The lowest BCUT2D eigenvalue weighted by Crippen LogP contribution is -2.41. The van der Waals surface area contributed by atoms with E-state index in [-0.39, 0.29) is 23.2 Å². The summed E-state index contributed by atoms with van der Waals surface area (Å²) in [5.74, 6) is 1.03. The second-order valence-electron chi connectivity index (χ2n) is 8.27. The van der Waals surface area contributed by atoms with Gasteiger partial charge in [-0.05, 0) is 37.7 Å². The second-order valence-corrected chi connectivity index (χ2v) is 8.27. The molecule has 1 aromatic heterocycles. The van der Waals surface area contributed by atoms with Gasteiger partial charge in [0.1, 0.15) is 5.82 Å². The number of halogens is 1. The van der Waals surface area contributed by atoms with E-state index in [4.69, 9.17) is 4.74 Å². The summed E-state index contributed by atoms with van der Waals surface area (Å²) in [5.41, 5.74) is 0.301. The number of amides is 1. The van der Waals surface area contributed by atoms with Crippen molar-refractivity contribution in [1.29, 1.82) is 0 Å². The topological polar surface area (TPSA) is 54.5 Å². The van der Waals surface area contributed by atoms with E-state index in [1.165, 1.54) is 31.6 Å². The molecule has 134 valence electrons. The van der Waals surface area contributed by atoms with Gasteiger partial charge in [-0.2, -0.15) is 0 Å². The van der Waals surface area contributed by atoms with Gasteiger partial charge in [-0.15, -0.1) is 0 Å². The highest BCUT2D eigenvalue weighted by Crippen LogP contribution is 2.55. The van der Waals surface area contributed by atoms with E-state index in [1.54, 1.807) is 0 Å². The monoisotopic (exact) mass is 345 g/mol. The highest BCUT2D eigenvalue weighted by atomic mass is 19.1. The van der Waals surface area contributed by atoms with E-state index < -0.39 is 5.82 Å². The predicted octanol–water partition coefficient (Wildman–Crippen LogP) is 1.84. The van der Waals surface area contributed by atoms with Gasteiger partial charge in [-0.3, -0.25) is 14.7 Å². The summed E-state index contributed by atoms with van der Waals surface area (Å²) >= 11 is 0. The van der Waals surface area contributed by atoms with Crippen molar-refractivity contribution >= 4 is 5.91 Å². The first-order valence-electron chi connectivity index (χ1n) is 9.42. The van der Waals surface area contributed by atoms with Crippen LogP contribution in [0.15, 0.2) is 18.5 Å². The van der Waals surface area contributed by atoms with Crippen molar-refractivity contribution in [3.8, 4) is 0 Å². The Morgan fingerprint density at radius 2 is 2.28 bits per heavy atom. The van der Waals surface area contributed by atoms with E-state index in [9.17, 15) is 9.18 Å². The van der Waals surface area contributed by atoms with Crippen molar-refractivity contribution in [3.05, 3.63) is 29.8 Å². The van der Waals surface area contributed by atoms with E-state index in [0.717, 1.165) is 38.0 Å². The first-order chi connectivity index (χ1) is 12.1. The Labute approximate surface area is 146 Å². The maximum absolute atomic E-state index is 13.3. The molecule has 4 atom stereocenters. The summed E-state index contributed by atoms with van der Waals surface area (Å²) in [6.45, 7) is 3.96. The van der Waals surface area contributed by atoms with Gasteiger partial charge in [0.2, 0.25) is 0 Å². The molecule has 6 heteroatoms. The molecule has 1 amide bonds. The van der Waals surface area contributed by atoms with Crippen molar-refractivity contribution < 1.29 is 13.9 Å². The molecular weight excluding hydrogens is 321 g/mol. The van der Waals surface area contributed by atoms with Crippen molar-refractivity contribution in [1.82, 2.24) is 15.2 Å². The Bertz CT molecular complexity index is 695. The fourth-order valence-electron chi connectivity index (χ4n) is 5.21. The minimum atomic E-state index is -0.485. The highest BCUT2D eigenvalue weighted by Gasteiger charge is 2.62. The molecule has 4 heterocycles. The second kappa shape index (κ2) is 5.74. The molecule has 0 unspecified atom stereocenters. The number of aromatic nitrogens is 1. The van der Waals surface area contributed by atoms with Crippen molar-refractivity contribution in [2.24, 2.45) is 17.8 Å². The lowest BCUT2D eigenvalue weighted by molar-refractivity contribution is 0.00244. The van der Waals surface area contributed by atoms with Crippen LogP contribution in [0.25, 0.3) is 0 Å². The summed E-state index contributed by atoms with van der Waals surface area (Å²) in [6, 6.07) is 1.23. The first-order valence-corrected chi connectivity index (χ1v) is 9.42. The molecule has 4 fully saturated rings. The highest BCUT2D eigenvalue weighted by molar-refractivity contribution is 5.93. The van der Waals surface area contributed by atoms with E-state index in [1.807, 2.05) is 0 Å². The van der Waals surface area contributed by atoms with Gasteiger partial charge in [0, 0.05) is 44.2 Å². The number of likely N-dealkylation sites (tertiary alicyclic amines) is 1. The Morgan fingerprint density at radius 3 is 3.08 bits per heavy atom. The number of rotatable bonds is 5. The van der Waals surface area contributed by atoms with Gasteiger partial charge in [0.05, 0.1) is 23.5 Å². The lowest BCUT2D eigenvalue weighted by Gasteiger charge is -2.29. The van der Waals surface area contributed by atoms with E-state index >= 15 is 0 Å². The Kier molecular flexibility index (Phi) is 3.61. The smallest absolute Gasteiger partial charge is 0.252 e. The molecule has 3 aliphatic heterocycles. The maximum atomic E-state index is 13.3. The van der Waals surface area contributed by atoms with Crippen LogP contribution in [0.3, 0.4) is 0 Å². The molecule has 1 aromatic rings. The van der Waals surface area contributed by atoms with Crippen LogP contribution in [0.2, 0.25) is 0 Å². The molecule has 3 saturated heterocycles. The molecular formula is C19H24FN3O2. The third-order valence-electron chi connectivity index (χ3n) is 6.53. The Hall–Kier alpha value is -1.53. The SMILES string of the molecule is O=C(NC[C@H]1[C@H]2CN(CC3CC3)C[C@]23CC[C@H]1O3)c1cncc(F)c1. The van der Waals surface area contributed by atoms with Gasteiger partial charge in [-0.1, -0.05) is 0 Å². The van der Waals surface area contributed by atoms with Crippen LogP contribution in [0.1, 0.15) is 36.0 Å². The minimum absolute atomic E-state index is 0.0232. The van der Waals surface area contributed by atoms with Gasteiger partial charge < -0.3 is 10.1 Å². The maximum Gasteiger partial charge on any atom is 0.252 e. The average molecular weight is 345 g/mol. The molecule has 2 bridgehead atoms. The molecule has 5 rings (SSSR count). The summed E-state index contributed by atoms with van der Waals surface area (Å²) in [6.07, 6.45) is 7.77. The molecule has 5 nitrogen and oxygen atoms in total. The largest absolute Gasteiger partial charge is 0.370 e. The summed E-state index contributed by atoms with van der Waals surface area (Å²) in [4.78, 5) is 18.6. The molecule has 0 aromatic carbocycles. The van der Waals surface area contributed by atoms with Crippen LogP contribution in [-0.4, -0.2) is 53.7 Å². The van der Waals surface area contributed by atoms with Crippen molar-refractivity contribution in [2.45, 2.75) is 37.4 Å². The van der Waals surface area contributed by atoms with Crippen molar-refractivity contribution in [3.63, 3.8) is 0 Å². The number of pyridine rings is 1. The summed E-state index contributed by atoms with van der Waals surface area (Å²) in [7, 11) is 0. The summed E-state index contributed by atoms with van der Waals surface area (Å²) in [5, 5.41) is 2.99. The fraction of sp³-hybridized carbons (Fsp3) is 0.684. The van der Waals surface area contributed by atoms with Crippen LogP contribution in [0.4, 0.5) is 4.39 Å². The number of hydrogen-bond donors (Lipinski definition) is 1. The van der Waals surface area contributed by atoms with Crippen LogP contribution in [0, 0.1) is 23.6 Å². The third-order valence-corrected chi connectivity index (χ3v) is 6.53. The Morgan fingerprint density at radius 1 is 1.40 bits per heavy atom. The average Bonchev–Trinajstić information content (AvgIpc) is 3.09. The molecule has 25 heavy (non-hydrogen) atoms. The standard InChI is InChI=1S/C19H24FN3O2/c20-14-5-13(6-21-7-14)18(24)22-8-15-16-10-23(9-12-1-2-12)11-19(16)4-3-17(15)25-19/h5-7,12,15-17H,1-4,8-11H2,(H,22,24)/t15-,16+,17+,19+/m0/s1. The van der Waals surface area contributed by atoms with Gasteiger partial charge in [-0.25, -0.2) is 4.39 Å². The normalized spacial score (nSPS) is 36.6. The molecule has 1 aliphatic carbocycles. The van der Waals surface area contributed by atoms with Crippen LogP contribution in [0.5, 0.6) is 0 Å². The predicted molar refractivity (Wildman–Crippen MR) is 89.5 cm³/mol. The number of fused-ring (bicyclic) bond motifs is 1. The van der Waals surface area contributed by atoms with Crippen LogP contribution >= 0.6 is 0 Å². The lowest BCUT2D eigenvalue weighted by atomic mass is 9.73. The molecule has 4 aliphatic rings. The van der Waals surface area contributed by atoms with E-state index in [2.05, 4.69) is 15.2 Å². The van der Waals surface area contributed by atoms with Gasteiger partial charge in [0.15, 0.2) is 0 Å². The fourth-order valence-corrected chi connectivity index (χ4v) is 5.21. The minimum Gasteiger partial charge on any atom is -0.370 e. The number of ether oxygens (including phenoxy) is 1. The van der Waals surface area contributed by atoms with Gasteiger partial charge >= 0.3 is 0 Å². The van der Waals surface area contributed by atoms with Gasteiger partial charge in [0.25, 0.3) is 5.91 Å². The zero-order valence-electron chi connectivity index (χ0n) is 14.3. The summed E-state index contributed by atoms with van der Waals surface area (Å²) < 4.78 is 19.7. The number of hydrogen-bond acceptors (Lipinski definition) is 4. The number of carbonyl (C=O) groups excluding carboxylic acids is 1. The number of carbonyl (C=O) groups is 1. The van der Waals surface area contributed by atoms with Crippen molar-refractivity contribution in [2.75, 3.05) is 26.2 Å².